The summed E-state index contributed by atoms with van der Waals surface area (Å²) in [6, 6.07) is 0.645. The molecule has 3 heteroatoms. The van der Waals surface area contributed by atoms with E-state index in [0.717, 1.165) is 5.92 Å². The summed E-state index contributed by atoms with van der Waals surface area (Å²) >= 11 is 1.97. The van der Waals surface area contributed by atoms with Gasteiger partial charge in [-0.3, -0.25) is 0 Å². The van der Waals surface area contributed by atoms with Crippen LogP contribution in [0.2, 0.25) is 0 Å². The number of rotatable bonds is 6. The minimum Gasteiger partial charge on any atom is -0.395 e. The van der Waals surface area contributed by atoms with Gasteiger partial charge in [0.2, 0.25) is 0 Å². The Balaban J connectivity index is 2.46. The van der Waals surface area contributed by atoms with Gasteiger partial charge in [0.1, 0.15) is 0 Å². The highest BCUT2D eigenvalue weighted by molar-refractivity contribution is 8.00. The van der Waals surface area contributed by atoms with Crippen LogP contribution in [0.1, 0.15) is 46.0 Å². The van der Waals surface area contributed by atoms with Crippen molar-refractivity contribution < 1.29 is 5.11 Å². The maximum atomic E-state index is 9.15. The Kier molecular flexibility index (Phi) is 6.78. The largest absolute Gasteiger partial charge is 0.395 e. The van der Waals surface area contributed by atoms with Crippen LogP contribution >= 0.6 is 11.8 Å². The SMILES string of the molecule is CCCC1CCC(NC)C(SC(C)CO)C1. The van der Waals surface area contributed by atoms with E-state index < -0.39 is 0 Å². The van der Waals surface area contributed by atoms with Crippen molar-refractivity contribution in [1.29, 1.82) is 0 Å². The Bertz CT molecular complexity index is 189. The molecule has 2 N–H and O–H groups in total. The van der Waals surface area contributed by atoms with Crippen molar-refractivity contribution in [3.8, 4) is 0 Å². The third-order valence-corrected chi connectivity index (χ3v) is 5.12. The van der Waals surface area contributed by atoms with E-state index in [1.807, 2.05) is 11.8 Å². The summed E-state index contributed by atoms with van der Waals surface area (Å²) in [5.41, 5.74) is 0. The lowest BCUT2D eigenvalue weighted by molar-refractivity contribution is 0.287. The van der Waals surface area contributed by atoms with Crippen LogP contribution in [0.25, 0.3) is 0 Å². The smallest absolute Gasteiger partial charge is 0.0547 e. The Morgan fingerprint density at radius 1 is 1.44 bits per heavy atom. The van der Waals surface area contributed by atoms with Gasteiger partial charge in [-0.2, -0.15) is 11.8 Å². The molecular weight excluding hydrogens is 218 g/mol. The fourth-order valence-electron chi connectivity index (χ4n) is 2.70. The molecule has 0 heterocycles. The average Bonchev–Trinajstić information content (AvgIpc) is 2.30. The first-order valence-corrected chi connectivity index (χ1v) is 7.59. The summed E-state index contributed by atoms with van der Waals surface area (Å²) in [7, 11) is 2.07. The maximum Gasteiger partial charge on any atom is 0.0547 e. The summed E-state index contributed by atoms with van der Waals surface area (Å²) in [5.74, 6) is 0.915. The summed E-state index contributed by atoms with van der Waals surface area (Å²) in [4.78, 5) is 0. The van der Waals surface area contributed by atoms with Gasteiger partial charge in [-0.15, -0.1) is 0 Å². The Morgan fingerprint density at radius 3 is 2.75 bits per heavy atom. The number of hydrogen-bond acceptors (Lipinski definition) is 3. The summed E-state index contributed by atoms with van der Waals surface area (Å²) in [5, 5.41) is 13.7. The minimum atomic E-state index is 0.302. The van der Waals surface area contributed by atoms with Crippen LogP contribution in [0, 0.1) is 5.92 Å². The lowest BCUT2D eigenvalue weighted by Crippen LogP contribution is -2.41. The van der Waals surface area contributed by atoms with E-state index in [9.17, 15) is 0 Å². The second kappa shape index (κ2) is 7.57. The number of aliphatic hydroxyl groups is 1. The van der Waals surface area contributed by atoms with Crippen LogP contribution in [-0.4, -0.2) is 35.3 Å². The van der Waals surface area contributed by atoms with E-state index >= 15 is 0 Å². The molecule has 2 nitrogen and oxygen atoms in total. The fourth-order valence-corrected chi connectivity index (χ4v) is 4.23. The number of thioether (sulfide) groups is 1. The van der Waals surface area contributed by atoms with Crippen molar-refractivity contribution in [1.82, 2.24) is 5.32 Å². The average molecular weight is 245 g/mol. The molecule has 1 aliphatic carbocycles. The van der Waals surface area contributed by atoms with Crippen LogP contribution in [-0.2, 0) is 0 Å². The van der Waals surface area contributed by atoms with Crippen LogP contribution in [0.15, 0.2) is 0 Å². The standard InChI is InChI=1S/C13H27NOS/c1-4-5-11-6-7-12(14-3)13(8-11)16-10(2)9-15/h10-15H,4-9H2,1-3H3. The van der Waals surface area contributed by atoms with Gasteiger partial charge in [-0.1, -0.05) is 26.7 Å². The first kappa shape index (κ1) is 14.3. The van der Waals surface area contributed by atoms with Crippen molar-refractivity contribution in [3.05, 3.63) is 0 Å². The summed E-state index contributed by atoms with van der Waals surface area (Å²) in [6.45, 7) is 4.71. The molecule has 1 rings (SSSR count). The lowest BCUT2D eigenvalue weighted by Gasteiger charge is -2.36. The summed E-state index contributed by atoms with van der Waals surface area (Å²) < 4.78 is 0. The second-order valence-corrected chi connectivity index (χ2v) is 6.71. The van der Waals surface area contributed by atoms with Crippen molar-refractivity contribution in [2.24, 2.45) is 5.92 Å². The third kappa shape index (κ3) is 4.27. The molecule has 4 atom stereocenters. The Morgan fingerprint density at radius 2 is 2.19 bits per heavy atom. The molecular formula is C13H27NOS. The van der Waals surface area contributed by atoms with Crippen LogP contribution in [0.3, 0.4) is 0 Å². The predicted octanol–water partition coefficient (Wildman–Crippen LogP) is 2.66. The van der Waals surface area contributed by atoms with Crippen molar-refractivity contribution in [3.63, 3.8) is 0 Å². The second-order valence-electron chi connectivity index (χ2n) is 5.03. The quantitative estimate of drug-likeness (QED) is 0.754. The topological polar surface area (TPSA) is 32.3 Å². The molecule has 1 saturated carbocycles. The number of aliphatic hydroxyl groups excluding tert-OH is 1. The van der Waals surface area contributed by atoms with E-state index in [1.165, 1.54) is 32.1 Å². The molecule has 0 saturated heterocycles. The number of nitrogens with one attached hydrogen (secondary N) is 1. The highest BCUT2D eigenvalue weighted by Gasteiger charge is 2.30. The lowest BCUT2D eigenvalue weighted by atomic mass is 9.83. The maximum absolute atomic E-state index is 9.15. The zero-order valence-electron chi connectivity index (χ0n) is 10.9. The first-order valence-electron chi connectivity index (χ1n) is 6.64. The van der Waals surface area contributed by atoms with Gasteiger partial charge in [0, 0.05) is 16.5 Å². The molecule has 16 heavy (non-hydrogen) atoms. The first-order chi connectivity index (χ1) is 7.71. The zero-order valence-corrected chi connectivity index (χ0v) is 11.7. The molecule has 4 unspecified atom stereocenters. The molecule has 1 fully saturated rings. The van der Waals surface area contributed by atoms with Crippen molar-refractivity contribution in [2.75, 3.05) is 13.7 Å². The van der Waals surface area contributed by atoms with Gasteiger partial charge >= 0.3 is 0 Å². The van der Waals surface area contributed by atoms with Crippen LogP contribution in [0.4, 0.5) is 0 Å². The van der Waals surface area contributed by atoms with E-state index in [0.29, 0.717) is 23.1 Å². The molecule has 0 amide bonds. The highest BCUT2D eigenvalue weighted by atomic mass is 32.2. The molecule has 1 aliphatic rings. The normalized spacial score (nSPS) is 32.6. The molecule has 0 aromatic heterocycles. The number of hydrogen-bond donors (Lipinski definition) is 2. The molecule has 0 spiro atoms. The van der Waals surface area contributed by atoms with Crippen LogP contribution < -0.4 is 5.32 Å². The van der Waals surface area contributed by atoms with E-state index in [2.05, 4.69) is 26.2 Å². The molecule has 96 valence electrons. The Hall–Kier alpha value is 0.270. The molecule has 0 aromatic rings. The fraction of sp³-hybridized carbons (Fsp3) is 1.00. The predicted molar refractivity (Wildman–Crippen MR) is 73.0 cm³/mol. The highest BCUT2D eigenvalue weighted by Crippen LogP contribution is 2.36. The van der Waals surface area contributed by atoms with Gasteiger partial charge in [-0.25, -0.2) is 0 Å². The minimum absolute atomic E-state index is 0.302. The summed E-state index contributed by atoms with van der Waals surface area (Å²) in [6.07, 6.45) is 6.69. The van der Waals surface area contributed by atoms with Crippen LogP contribution in [0.5, 0.6) is 0 Å². The van der Waals surface area contributed by atoms with Gasteiger partial charge in [-0.05, 0) is 32.2 Å². The van der Waals surface area contributed by atoms with Crippen molar-refractivity contribution >= 4 is 11.8 Å². The monoisotopic (exact) mass is 245 g/mol. The Labute approximate surface area is 105 Å². The van der Waals surface area contributed by atoms with Crippen molar-refractivity contribution in [2.45, 2.75) is 62.5 Å². The third-order valence-electron chi connectivity index (χ3n) is 3.63. The van der Waals surface area contributed by atoms with Gasteiger partial charge in [0.25, 0.3) is 0 Å². The molecule has 0 aliphatic heterocycles. The van der Waals surface area contributed by atoms with Gasteiger partial charge in [0.15, 0.2) is 0 Å². The molecule has 0 radical (unpaired) electrons. The van der Waals surface area contributed by atoms with E-state index in [4.69, 9.17) is 5.11 Å². The van der Waals surface area contributed by atoms with Gasteiger partial charge in [0.05, 0.1) is 6.61 Å². The zero-order chi connectivity index (χ0) is 12.0. The molecule has 0 bridgehead atoms. The van der Waals surface area contributed by atoms with E-state index in [1.54, 1.807) is 0 Å². The molecule has 0 aromatic carbocycles. The van der Waals surface area contributed by atoms with Gasteiger partial charge < -0.3 is 10.4 Å². The van der Waals surface area contributed by atoms with E-state index in [-0.39, 0.29) is 0 Å².